The van der Waals surface area contributed by atoms with Crippen LogP contribution in [-0.4, -0.2) is 45.7 Å². The van der Waals surface area contributed by atoms with Crippen LogP contribution in [0.5, 0.6) is 0 Å². The minimum absolute atomic E-state index is 0.0743. The van der Waals surface area contributed by atoms with Gasteiger partial charge in [-0.15, -0.1) is 11.3 Å². The van der Waals surface area contributed by atoms with E-state index in [1.165, 1.54) is 4.52 Å². The van der Waals surface area contributed by atoms with Gasteiger partial charge in [-0.3, -0.25) is 9.69 Å². The van der Waals surface area contributed by atoms with Gasteiger partial charge in [-0.1, -0.05) is 6.07 Å². The Hall–Kier alpha value is -1.96. The van der Waals surface area contributed by atoms with Gasteiger partial charge in [-0.2, -0.15) is 9.61 Å². The lowest BCUT2D eigenvalue weighted by Crippen LogP contribution is -2.43. The molecule has 0 amide bonds. The monoisotopic (exact) mass is 329 g/mol. The van der Waals surface area contributed by atoms with Gasteiger partial charge >= 0.3 is 0 Å². The summed E-state index contributed by atoms with van der Waals surface area (Å²) in [5, 5.41) is 9.80. The molecule has 120 valence electrons. The first-order valence-corrected chi connectivity index (χ1v) is 8.69. The molecule has 1 aliphatic rings. The van der Waals surface area contributed by atoms with Crippen molar-refractivity contribution in [1.82, 2.24) is 24.8 Å². The van der Waals surface area contributed by atoms with E-state index in [9.17, 15) is 4.79 Å². The summed E-state index contributed by atoms with van der Waals surface area (Å²) < 4.78 is 1.48. The van der Waals surface area contributed by atoms with Crippen LogP contribution in [0.15, 0.2) is 28.4 Å². The van der Waals surface area contributed by atoms with Crippen LogP contribution in [0.4, 0.5) is 0 Å². The molecule has 1 aliphatic heterocycles. The molecule has 2 N–H and O–H groups in total. The van der Waals surface area contributed by atoms with Crippen LogP contribution in [0, 0.1) is 6.92 Å². The molecule has 1 saturated heterocycles. The van der Waals surface area contributed by atoms with Gasteiger partial charge in [0.15, 0.2) is 0 Å². The van der Waals surface area contributed by atoms with Gasteiger partial charge in [0, 0.05) is 49.4 Å². The number of nitrogens with zero attached hydrogens (tertiary/aromatic N) is 3. The summed E-state index contributed by atoms with van der Waals surface area (Å²) >= 11 is 1.66. The van der Waals surface area contributed by atoms with Crippen molar-refractivity contribution >= 4 is 17.0 Å². The maximum absolute atomic E-state index is 12.4. The second-order valence-corrected chi connectivity index (χ2v) is 6.80. The minimum Gasteiger partial charge on any atom is -0.342 e. The number of aromatic nitrogens is 3. The SMILES string of the molecule is Cc1nn2c(=O)cc(CN3CCNCC3)[nH]c2c1-c1cccs1. The summed E-state index contributed by atoms with van der Waals surface area (Å²) in [6.07, 6.45) is 0. The Kier molecular flexibility index (Phi) is 3.76. The van der Waals surface area contributed by atoms with E-state index >= 15 is 0 Å². The molecular formula is C16H19N5OS. The third kappa shape index (κ3) is 2.71. The predicted molar refractivity (Wildman–Crippen MR) is 92.0 cm³/mol. The normalized spacial score (nSPS) is 16.2. The standard InChI is InChI=1S/C16H19N5OS/c1-11-15(13-3-2-8-23-13)16-18-12(9-14(22)21(16)19-11)10-20-6-4-17-5-7-20/h2-3,8-9,17-18H,4-7,10H2,1H3. The maximum atomic E-state index is 12.4. The van der Waals surface area contributed by atoms with Crippen LogP contribution in [0.2, 0.25) is 0 Å². The molecular weight excluding hydrogens is 310 g/mol. The highest BCUT2D eigenvalue weighted by molar-refractivity contribution is 7.13. The molecule has 23 heavy (non-hydrogen) atoms. The molecule has 0 bridgehead atoms. The van der Waals surface area contributed by atoms with Gasteiger partial charge in [0.05, 0.1) is 11.3 Å². The molecule has 3 aromatic heterocycles. The second-order valence-electron chi connectivity index (χ2n) is 5.86. The van der Waals surface area contributed by atoms with E-state index in [4.69, 9.17) is 0 Å². The Labute approximate surface area is 137 Å². The van der Waals surface area contributed by atoms with Crippen molar-refractivity contribution in [1.29, 1.82) is 0 Å². The Morgan fingerprint density at radius 2 is 2.17 bits per heavy atom. The number of piperazine rings is 1. The van der Waals surface area contributed by atoms with Gasteiger partial charge in [0.1, 0.15) is 5.65 Å². The van der Waals surface area contributed by atoms with Gasteiger partial charge < -0.3 is 10.3 Å². The van der Waals surface area contributed by atoms with E-state index in [1.807, 2.05) is 18.4 Å². The fourth-order valence-corrected chi connectivity index (χ4v) is 3.93. The van der Waals surface area contributed by atoms with E-state index < -0.39 is 0 Å². The van der Waals surface area contributed by atoms with Crippen LogP contribution in [0.1, 0.15) is 11.4 Å². The number of fused-ring (bicyclic) bond motifs is 1. The Morgan fingerprint density at radius 1 is 1.35 bits per heavy atom. The molecule has 0 saturated carbocycles. The molecule has 0 radical (unpaired) electrons. The van der Waals surface area contributed by atoms with Crippen molar-refractivity contribution in [3.05, 3.63) is 45.3 Å². The Balaban J connectivity index is 1.79. The summed E-state index contributed by atoms with van der Waals surface area (Å²) in [4.78, 5) is 19.4. The van der Waals surface area contributed by atoms with Crippen molar-refractivity contribution in [2.45, 2.75) is 13.5 Å². The summed E-state index contributed by atoms with van der Waals surface area (Å²) in [6, 6.07) is 5.75. The quantitative estimate of drug-likeness (QED) is 0.764. The molecule has 4 heterocycles. The number of aryl methyl sites for hydroxylation is 1. The first-order chi connectivity index (χ1) is 11.2. The fourth-order valence-electron chi connectivity index (χ4n) is 3.11. The van der Waals surface area contributed by atoms with Crippen LogP contribution >= 0.6 is 11.3 Å². The van der Waals surface area contributed by atoms with Crippen LogP contribution in [-0.2, 0) is 6.54 Å². The van der Waals surface area contributed by atoms with Gasteiger partial charge in [0.2, 0.25) is 0 Å². The highest BCUT2D eigenvalue weighted by atomic mass is 32.1. The lowest BCUT2D eigenvalue weighted by atomic mass is 10.2. The van der Waals surface area contributed by atoms with Gasteiger partial charge in [-0.05, 0) is 18.4 Å². The molecule has 4 rings (SSSR count). The van der Waals surface area contributed by atoms with Gasteiger partial charge in [0.25, 0.3) is 5.56 Å². The van der Waals surface area contributed by atoms with E-state index in [0.29, 0.717) is 0 Å². The molecule has 0 unspecified atom stereocenters. The van der Waals surface area contributed by atoms with E-state index in [0.717, 1.165) is 60.2 Å². The van der Waals surface area contributed by atoms with Crippen LogP contribution in [0.3, 0.4) is 0 Å². The van der Waals surface area contributed by atoms with E-state index in [2.05, 4.69) is 26.4 Å². The molecule has 3 aromatic rings. The molecule has 7 heteroatoms. The highest BCUT2D eigenvalue weighted by Gasteiger charge is 2.17. The van der Waals surface area contributed by atoms with Crippen molar-refractivity contribution in [2.24, 2.45) is 0 Å². The second kappa shape index (κ2) is 5.92. The smallest absolute Gasteiger partial charge is 0.274 e. The number of rotatable bonds is 3. The third-order valence-electron chi connectivity index (χ3n) is 4.22. The topological polar surface area (TPSA) is 65.4 Å². The maximum Gasteiger partial charge on any atom is 0.274 e. The summed E-state index contributed by atoms with van der Waals surface area (Å²) in [5.41, 5.74) is 3.57. The summed E-state index contributed by atoms with van der Waals surface area (Å²) in [7, 11) is 0. The zero-order chi connectivity index (χ0) is 15.8. The molecule has 0 aliphatic carbocycles. The average Bonchev–Trinajstić information content (AvgIpc) is 3.15. The summed E-state index contributed by atoms with van der Waals surface area (Å²) in [6.45, 7) is 6.72. The zero-order valence-electron chi connectivity index (χ0n) is 13.0. The van der Waals surface area contributed by atoms with Gasteiger partial charge in [-0.25, -0.2) is 0 Å². The fraction of sp³-hybridized carbons (Fsp3) is 0.375. The molecule has 0 atom stereocenters. The predicted octanol–water partition coefficient (Wildman–Crippen LogP) is 1.46. The third-order valence-corrected chi connectivity index (χ3v) is 5.10. The number of H-pyrrole nitrogens is 1. The van der Waals surface area contributed by atoms with E-state index in [-0.39, 0.29) is 5.56 Å². The molecule has 0 aromatic carbocycles. The number of nitrogens with one attached hydrogen (secondary N) is 2. The lowest BCUT2D eigenvalue weighted by molar-refractivity contribution is 0.230. The minimum atomic E-state index is -0.0743. The van der Waals surface area contributed by atoms with Crippen LogP contribution in [0.25, 0.3) is 16.1 Å². The van der Waals surface area contributed by atoms with Crippen LogP contribution < -0.4 is 10.9 Å². The Bertz CT molecular complexity index is 874. The average molecular weight is 329 g/mol. The molecule has 6 nitrogen and oxygen atoms in total. The van der Waals surface area contributed by atoms with Crippen molar-refractivity contribution in [3.63, 3.8) is 0 Å². The highest BCUT2D eigenvalue weighted by Crippen LogP contribution is 2.30. The zero-order valence-corrected chi connectivity index (χ0v) is 13.8. The number of thiophene rings is 1. The number of hydrogen-bond acceptors (Lipinski definition) is 5. The molecule has 0 spiro atoms. The molecule has 1 fully saturated rings. The van der Waals surface area contributed by atoms with Crippen molar-refractivity contribution in [2.75, 3.05) is 26.2 Å². The lowest BCUT2D eigenvalue weighted by Gasteiger charge is -2.26. The number of hydrogen-bond donors (Lipinski definition) is 2. The van der Waals surface area contributed by atoms with E-state index in [1.54, 1.807) is 17.4 Å². The number of aromatic amines is 1. The first kappa shape index (κ1) is 14.6. The van der Waals surface area contributed by atoms with Crippen molar-refractivity contribution in [3.8, 4) is 10.4 Å². The Morgan fingerprint density at radius 3 is 2.91 bits per heavy atom. The largest absolute Gasteiger partial charge is 0.342 e. The van der Waals surface area contributed by atoms with Crippen molar-refractivity contribution < 1.29 is 0 Å². The first-order valence-electron chi connectivity index (χ1n) is 7.81. The summed E-state index contributed by atoms with van der Waals surface area (Å²) in [5.74, 6) is 0.